The van der Waals surface area contributed by atoms with Gasteiger partial charge in [-0.25, -0.2) is 14.5 Å². The van der Waals surface area contributed by atoms with E-state index in [1.165, 1.54) is 0 Å². The molecule has 0 saturated carbocycles. The van der Waals surface area contributed by atoms with Crippen LogP contribution in [0.5, 0.6) is 0 Å². The van der Waals surface area contributed by atoms with Gasteiger partial charge in [-0.2, -0.15) is 5.10 Å². The van der Waals surface area contributed by atoms with Crippen molar-refractivity contribution in [2.24, 2.45) is 5.73 Å². The van der Waals surface area contributed by atoms with Crippen LogP contribution in [0.4, 0.5) is 0 Å². The minimum absolute atomic E-state index is 0.254. The summed E-state index contributed by atoms with van der Waals surface area (Å²) in [6.07, 6.45) is 4.22. The first-order chi connectivity index (χ1) is 10.2. The van der Waals surface area contributed by atoms with Gasteiger partial charge in [-0.15, -0.1) is 0 Å². The van der Waals surface area contributed by atoms with E-state index >= 15 is 0 Å². The van der Waals surface area contributed by atoms with Crippen LogP contribution in [0.3, 0.4) is 0 Å². The lowest BCUT2D eigenvalue weighted by Gasteiger charge is -2.22. The zero-order chi connectivity index (χ0) is 14.4. The molecule has 1 aliphatic heterocycles. The van der Waals surface area contributed by atoms with Crippen molar-refractivity contribution in [3.63, 3.8) is 0 Å². The molecule has 6 heteroatoms. The highest BCUT2D eigenvalue weighted by Gasteiger charge is 2.25. The van der Waals surface area contributed by atoms with Crippen LogP contribution in [0.1, 0.15) is 17.4 Å². The number of aromatic nitrogens is 4. The number of rotatable bonds is 1. The molecule has 0 spiro atoms. The fourth-order valence-electron chi connectivity index (χ4n) is 2.80. The number of nitrogens with one attached hydrogen (secondary N) is 1. The monoisotopic (exact) mass is 279 g/mol. The molecule has 21 heavy (non-hydrogen) atoms. The van der Waals surface area contributed by atoms with E-state index in [-0.39, 0.29) is 11.7 Å². The summed E-state index contributed by atoms with van der Waals surface area (Å²) < 4.78 is 1.55. The Bertz CT molecular complexity index is 865. The first-order valence-corrected chi connectivity index (χ1v) is 6.70. The second-order valence-corrected chi connectivity index (χ2v) is 5.12. The molecule has 3 aromatic rings. The van der Waals surface area contributed by atoms with Gasteiger partial charge >= 0.3 is 5.69 Å². The predicted octanol–water partition coefficient (Wildman–Crippen LogP) is 1.18. The van der Waals surface area contributed by atoms with Crippen molar-refractivity contribution in [3.8, 4) is 16.8 Å². The van der Waals surface area contributed by atoms with Crippen LogP contribution in [0.25, 0.3) is 16.8 Å². The van der Waals surface area contributed by atoms with Crippen LogP contribution in [0.15, 0.2) is 47.5 Å². The lowest BCUT2D eigenvalue weighted by atomic mass is 9.96. The summed E-state index contributed by atoms with van der Waals surface area (Å²) in [6, 6.07) is 9.61. The molecule has 0 radical (unpaired) electrons. The highest BCUT2D eigenvalue weighted by Crippen LogP contribution is 2.30. The fourth-order valence-corrected chi connectivity index (χ4v) is 2.80. The number of hydrogen-bond acceptors (Lipinski definition) is 4. The predicted molar refractivity (Wildman–Crippen MR) is 78.0 cm³/mol. The van der Waals surface area contributed by atoms with Crippen molar-refractivity contribution < 1.29 is 0 Å². The first kappa shape index (κ1) is 12.0. The van der Waals surface area contributed by atoms with Crippen LogP contribution < -0.4 is 11.4 Å². The fraction of sp³-hybridized carbons (Fsp3) is 0.133. The molecule has 6 nitrogen and oxygen atoms in total. The van der Waals surface area contributed by atoms with Gasteiger partial charge in [0.15, 0.2) is 5.82 Å². The van der Waals surface area contributed by atoms with E-state index in [0.29, 0.717) is 12.2 Å². The molecule has 0 amide bonds. The molecule has 0 aliphatic carbocycles. The van der Waals surface area contributed by atoms with E-state index in [9.17, 15) is 4.79 Å². The second kappa shape index (κ2) is 4.39. The summed E-state index contributed by atoms with van der Waals surface area (Å²) in [6.45, 7) is 0. The third-order valence-electron chi connectivity index (χ3n) is 3.79. The minimum Gasteiger partial charge on any atom is -0.321 e. The van der Waals surface area contributed by atoms with Crippen molar-refractivity contribution in [3.05, 3.63) is 64.6 Å². The Kier molecular flexibility index (Phi) is 2.52. The molecule has 0 saturated heterocycles. The van der Waals surface area contributed by atoms with Crippen LogP contribution in [-0.4, -0.2) is 19.7 Å². The quantitative estimate of drug-likeness (QED) is 0.700. The molecule has 2 aromatic heterocycles. The normalized spacial score (nSPS) is 16.3. The molecule has 3 heterocycles. The number of fused-ring (bicyclic) bond motifs is 3. The number of nitrogens with two attached hydrogens (primary N) is 1. The smallest absolute Gasteiger partial charge is 0.321 e. The summed E-state index contributed by atoms with van der Waals surface area (Å²) in [7, 11) is 0. The van der Waals surface area contributed by atoms with Crippen LogP contribution in [0, 0.1) is 0 Å². The van der Waals surface area contributed by atoms with E-state index < -0.39 is 0 Å². The molecule has 3 N–H and O–H groups in total. The Morgan fingerprint density at radius 1 is 1.29 bits per heavy atom. The third kappa shape index (κ3) is 1.80. The van der Waals surface area contributed by atoms with Crippen LogP contribution in [-0.2, 0) is 6.42 Å². The zero-order valence-corrected chi connectivity index (χ0v) is 11.2. The minimum atomic E-state index is -0.277. The summed E-state index contributed by atoms with van der Waals surface area (Å²) >= 11 is 0. The topological polar surface area (TPSA) is 89.6 Å². The molecule has 0 fully saturated rings. The van der Waals surface area contributed by atoms with E-state index in [1.54, 1.807) is 10.8 Å². The van der Waals surface area contributed by atoms with Gasteiger partial charge in [-0.05, 0) is 41.3 Å². The Balaban J connectivity index is 1.90. The SMILES string of the molecule is NC1Cc2cc(-c3cccnc3)ccc2-n2c1n[nH]c2=O. The lowest BCUT2D eigenvalue weighted by Crippen LogP contribution is -2.28. The Labute approximate surface area is 120 Å². The number of nitrogens with zero attached hydrogens (tertiary/aromatic N) is 3. The molecule has 4 rings (SSSR count). The van der Waals surface area contributed by atoms with E-state index in [0.717, 1.165) is 22.4 Å². The van der Waals surface area contributed by atoms with E-state index in [2.05, 4.69) is 21.2 Å². The first-order valence-electron chi connectivity index (χ1n) is 6.70. The third-order valence-corrected chi connectivity index (χ3v) is 3.79. The second-order valence-electron chi connectivity index (χ2n) is 5.12. The number of hydrogen-bond donors (Lipinski definition) is 2. The molecule has 0 bridgehead atoms. The van der Waals surface area contributed by atoms with Crippen LogP contribution >= 0.6 is 0 Å². The van der Waals surface area contributed by atoms with E-state index in [1.807, 2.05) is 30.5 Å². The maximum atomic E-state index is 11.9. The van der Waals surface area contributed by atoms with Crippen molar-refractivity contribution >= 4 is 0 Å². The van der Waals surface area contributed by atoms with Crippen molar-refractivity contribution in [1.29, 1.82) is 0 Å². The molecule has 104 valence electrons. The number of benzene rings is 1. The standard InChI is InChI=1S/C15H13N5O/c16-12-7-11-6-9(10-2-1-5-17-8-10)3-4-13(11)20-14(12)18-19-15(20)21/h1-6,8,12H,7,16H2,(H,19,21). The number of aromatic amines is 1. The van der Waals surface area contributed by atoms with Gasteiger partial charge in [0.25, 0.3) is 0 Å². The Morgan fingerprint density at radius 3 is 3.00 bits per heavy atom. The van der Waals surface area contributed by atoms with Gasteiger partial charge in [0.05, 0.1) is 11.7 Å². The summed E-state index contributed by atoms with van der Waals surface area (Å²) in [4.78, 5) is 16.0. The molecular formula is C15H13N5O. The number of H-pyrrole nitrogens is 1. The molecule has 1 aromatic carbocycles. The van der Waals surface area contributed by atoms with Gasteiger partial charge in [0.2, 0.25) is 0 Å². The summed E-state index contributed by atoms with van der Waals surface area (Å²) in [5, 5.41) is 6.47. The lowest BCUT2D eigenvalue weighted by molar-refractivity contribution is 0.619. The number of pyridine rings is 1. The van der Waals surface area contributed by atoms with Gasteiger partial charge in [0, 0.05) is 12.4 Å². The molecular weight excluding hydrogens is 266 g/mol. The summed E-state index contributed by atoms with van der Waals surface area (Å²) in [5.74, 6) is 0.585. The van der Waals surface area contributed by atoms with Gasteiger partial charge in [-0.3, -0.25) is 4.98 Å². The van der Waals surface area contributed by atoms with Gasteiger partial charge < -0.3 is 5.73 Å². The molecule has 1 unspecified atom stereocenters. The van der Waals surface area contributed by atoms with Crippen molar-refractivity contribution in [1.82, 2.24) is 19.7 Å². The van der Waals surface area contributed by atoms with Gasteiger partial charge in [0.1, 0.15) is 0 Å². The average molecular weight is 279 g/mol. The zero-order valence-electron chi connectivity index (χ0n) is 11.2. The van der Waals surface area contributed by atoms with Crippen molar-refractivity contribution in [2.45, 2.75) is 12.5 Å². The molecule has 1 atom stereocenters. The van der Waals surface area contributed by atoms with Crippen LogP contribution in [0.2, 0.25) is 0 Å². The van der Waals surface area contributed by atoms with Gasteiger partial charge in [-0.1, -0.05) is 12.1 Å². The highest BCUT2D eigenvalue weighted by atomic mass is 16.1. The maximum Gasteiger partial charge on any atom is 0.347 e. The molecule has 1 aliphatic rings. The Morgan fingerprint density at radius 2 is 2.19 bits per heavy atom. The largest absolute Gasteiger partial charge is 0.347 e. The summed E-state index contributed by atoms with van der Waals surface area (Å²) in [5.41, 5.74) is 9.85. The Hall–Kier alpha value is -2.73. The average Bonchev–Trinajstić information content (AvgIpc) is 2.91. The van der Waals surface area contributed by atoms with E-state index in [4.69, 9.17) is 5.73 Å². The maximum absolute atomic E-state index is 11.9. The van der Waals surface area contributed by atoms with Crippen molar-refractivity contribution in [2.75, 3.05) is 0 Å². The highest BCUT2D eigenvalue weighted by molar-refractivity contribution is 5.66.